The molecule has 0 saturated carbocycles. The van der Waals surface area contributed by atoms with E-state index < -0.39 is 6.16 Å². The predicted octanol–water partition coefficient (Wildman–Crippen LogP) is 1.35. The van der Waals surface area contributed by atoms with E-state index in [0.29, 0.717) is 0 Å². The van der Waals surface area contributed by atoms with E-state index in [2.05, 4.69) is 22.6 Å². The summed E-state index contributed by atoms with van der Waals surface area (Å²) in [5.41, 5.74) is 0. The summed E-state index contributed by atoms with van der Waals surface area (Å²) in [6.45, 7) is 1.83. The summed E-state index contributed by atoms with van der Waals surface area (Å²) >= 11 is 2.16. The minimum absolute atomic E-state index is 0.0434. The van der Waals surface area contributed by atoms with Crippen molar-refractivity contribution in [2.24, 2.45) is 0 Å². The standard InChI is InChI=1S/C5H7IO3/c1-3-4(2-6)9-5(7)8-3/h3-4H,2H2,1H3. The molecule has 2 atom stereocenters. The van der Waals surface area contributed by atoms with Crippen molar-refractivity contribution in [1.29, 1.82) is 0 Å². The molecule has 0 spiro atoms. The summed E-state index contributed by atoms with van der Waals surface area (Å²) in [6.07, 6.45) is -0.656. The van der Waals surface area contributed by atoms with Gasteiger partial charge in [0.2, 0.25) is 0 Å². The van der Waals surface area contributed by atoms with Gasteiger partial charge < -0.3 is 9.47 Å². The first kappa shape index (κ1) is 7.11. The topological polar surface area (TPSA) is 35.5 Å². The Morgan fingerprint density at radius 2 is 2.33 bits per heavy atom. The maximum absolute atomic E-state index is 10.4. The van der Waals surface area contributed by atoms with E-state index >= 15 is 0 Å². The lowest BCUT2D eigenvalue weighted by Crippen LogP contribution is -2.19. The molecule has 52 valence electrons. The molecule has 0 aromatic heterocycles. The third-order valence-electron chi connectivity index (χ3n) is 1.21. The number of hydrogen-bond acceptors (Lipinski definition) is 3. The molecule has 0 radical (unpaired) electrons. The molecule has 1 aliphatic heterocycles. The molecule has 1 aliphatic rings. The average molecular weight is 242 g/mol. The molecule has 0 aromatic rings. The second-order valence-corrected chi connectivity index (χ2v) is 2.76. The van der Waals surface area contributed by atoms with Crippen LogP contribution in [0, 0.1) is 0 Å². The van der Waals surface area contributed by atoms with Crippen molar-refractivity contribution in [3.05, 3.63) is 0 Å². The molecule has 1 heterocycles. The Kier molecular flexibility index (Phi) is 2.15. The molecule has 1 saturated heterocycles. The van der Waals surface area contributed by atoms with E-state index in [1.54, 1.807) is 0 Å². The first-order valence-corrected chi connectivity index (χ1v) is 4.20. The normalized spacial score (nSPS) is 33.8. The SMILES string of the molecule is CC1OC(=O)OC1CI. The largest absolute Gasteiger partial charge is 0.509 e. The minimum Gasteiger partial charge on any atom is -0.427 e. The predicted molar refractivity (Wildman–Crippen MR) is 39.7 cm³/mol. The lowest BCUT2D eigenvalue weighted by molar-refractivity contribution is 0.119. The van der Waals surface area contributed by atoms with Crippen LogP contribution in [-0.2, 0) is 9.47 Å². The Labute approximate surface area is 66.8 Å². The molecule has 0 bridgehead atoms. The van der Waals surface area contributed by atoms with E-state index in [-0.39, 0.29) is 12.2 Å². The van der Waals surface area contributed by atoms with Crippen LogP contribution in [0.25, 0.3) is 0 Å². The molecular weight excluding hydrogens is 235 g/mol. The molecule has 0 N–H and O–H groups in total. The van der Waals surface area contributed by atoms with Crippen molar-refractivity contribution >= 4 is 28.7 Å². The van der Waals surface area contributed by atoms with Crippen molar-refractivity contribution < 1.29 is 14.3 Å². The number of alkyl halides is 1. The average Bonchev–Trinajstić information content (AvgIpc) is 2.10. The first-order valence-electron chi connectivity index (χ1n) is 2.67. The van der Waals surface area contributed by atoms with Crippen LogP contribution in [0.15, 0.2) is 0 Å². The van der Waals surface area contributed by atoms with E-state index in [1.165, 1.54) is 0 Å². The van der Waals surface area contributed by atoms with Gasteiger partial charge in [0.25, 0.3) is 0 Å². The zero-order valence-electron chi connectivity index (χ0n) is 4.96. The Morgan fingerprint density at radius 3 is 2.56 bits per heavy atom. The molecule has 0 amide bonds. The molecule has 2 unspecified atom stereocenters. The summed E-state index contributed by atoms with van der Waals surface area (Å²) < 4.78 is 10.2. The van der Waals surface area contributed by atoms with Gasteiger partial charge in [-0.2, -0.15) is 0 Å². The second kappa shape index (κ2) is 2.72. The Morgan fingerprint density at radius 1 is 1.67 bits per heavy atom. The lowest BCUT2D eigenvalue weighted by atomic mass is 10.3. The summed E-state index contributed by atoms with van der Waals surface area (Å²) in [4.78, 5) is 10.4. The fourth-order valence-corrected chi connectivity index (χ4v) is 1.53. The van der Waals surface area contributed by atoms with E-state index in [4.69, 9.17) is 9.47 Å². The highest BCUT2D eigenvalue weighted by Crippen LogP contribution is 2.15. The van der Waals surface area contributed by atoms with Crippen molar-refractivity contribution in [2.75, 3.05) is 4.43 Å². The van der Waals surface area contributed by atoms with Crippen LogP contribution in [0.5, 0.6) is 0 Å². The van der Waals surface area contributed by atoms with E-state index in [1.807, 2.05) is 6.92 Å². The van der Waals surface area contributed by atoms with Crippen molar-refractivity contribution in [1.82, 2.24) is 0 Å². The van der Waals surface area contributed by atoms with Gasteiger partial charge in [-0.25, -0.2) is 4.79 Å². The zero-order chi connectivity index (χ0) is 6.85. The number of halogens is 1. The number of cyclic esters (lactones) is 2. The summed E-state index contributed by atoms with van der Waals surface area (Å²) in [7, 11) is 0. The highest BCUT2D eigenvalue weighted by Gasteiger charge is 2.31. The van der Waals surface area contributed by atoms with Gasteiger partial charge in [0.05, 0.1) is 0 Å². The van der Waals surface area contributed by atoms with E-state index in [0.717, 1.165) is 4.43 Å². The van der Waals surface area contributed by atoms with Crippen LogP contribution in [0.3, 0.4) is 0 Å². The summed E-state index contributed by atoms with van der Waals surface area (Å²) in [6, 6.07) is 0. The second-order valence-electron chi connectivity index (χ2n) is 1.88. The van der Waals surface area contributed by atoms with Gasteiger partial charge in [-0.05, 0) is 6.92 Å². The monoisotopic (exact) mass is 242 g/mol. The van der Waals surface area contributed by atoms with Crippen LogP contribution in [0.4, 0.5) is 4.79 Å². The number of hydrogen-bond donors (Lipinski definition) is 0. The summed E-state index contributed by atoms with van der Waals surface area (Å²) in [5, 5.41) is 0. The number of rotatable bonds is 1. The minimum atomic E-state index is -0.538. The quantitative estimate of drug-likeness (QED) is 0.395. The molecule has 3 nitrogen and oxygen atoms in total. The number of carbonyl (C=O) groups excluding carboxylic acids is 1. The molecule has 1 fully saturated rings. The maximum Gasteiger partial charge on any atom is 0.509 e. The smallest absolute Gasteiger partial charge is 0.427 e. The van der Waals surface area contributed by atoms with Crippen LogP contribution in [0.2, 0.25) is 0 Å². The van der Waals surface area contributed by atoms with Gasteiger partial charge in [-0.15, -0.1) is 0 Å². The molecule has 0 aliphatic carbocycles. The molecule has 1 rings (SSSR count). The van der Waals surface area contributed by atoms with Crippen molar-refractivity contribution in [3.63, 3.8) is 0 Å². The highest BCUT2D eigenvalue weighted by atomic mass is 127. The van der Waals surface area contributed by atoms with Crippen molar-refractivity contribution in [3.8, 4) is 0 Å². The van der Waals surface area contributed by atoms with Gasteiger partial charge >= 0.3 is 6.16 Å². The maximum atomic E-state index is 10.4. The van der Waals surface area contributed by atoms with Crippen LogP contribution in [-0.4, -0.2) is 22.8 Å². The third-order valence-corrected chi connectivity index (χ3v) is 2.07. The zero-order valence-corrected chi connectivity index (χ0v) is 7.12. The third kappa shape index (κ3) is 1.47. The number of carbonyl (C=O) groups is 1. The highest BCUT2D eigenvalue weighted by molar-refractivity contribution is 14.1. The fraction of sp³-hybridized carbons (Fsp3) is 0.800. The summed E-state index contributed by atoms with van der Waals surface area (Å²) in [5.74, 6) is 0. The molecule has 4 heteroatoms. The Balaban J connectivity index is 2.47. The lowest BCUT2D eigenvalue weighted by Gasteiger charge is -2.04. The van der Waals surface area contributed by atoms with Crippen LogP contribution >= 0.6 is 22.6 Å². The van der Waals surface area contributed by atoms with Crippen LogP contribution < -0.4 is 0 Å². The van der Waals surface area contributed by atoms with Crippen molar-refractivity contribution in [2.45, 2.75) is 19.1 Å². The molecule has 9 heavy (non-hydrogen) atoms. The Hall–Kier alpha value is 0. The van der Waals surface area contributed by atoms with Gasteiger partial charge in [0.1, 0.15) is 6.10 Å². The van der Waals surface area contributed by atoms with Gasteiger partial charge in [0, 0.05) is 4.43 Å². The van der Waals surface area contributed by atoms with Gasteiger partial charge in [0.15, 0.2) is 6.10 Å². The molecular formula is C5H7IO3. The van der Waals surface area contributed by atoms with Gasteiger partial charge in [-0.3, -0.25) is 0 Å². The fourth-order valence-electron chi connectivity index (χ4n) is 0.632. The first-order chi connectivity index (χ1) is 4.24. The molecule has 0 aromatic carbocycles. The Bertz CT molecular complexity index is 125. The van der Waals surface area contributed by atoms with E-state index in [9.17, 15) is 4.79 Å². The van der Waals surface area contributed by atoms with Crippen LogP contribution in [0.1, 0.15) is 6.92 Å². The van der Waals surface area contributed by atoms with Gasteiger partial charge in [-0.1, -0.05) is 22.6 Å². The number of ether oxygens (including phenoxy) is 2.